The van der Waals surface area contributed by atoms with Crippen molar-refractivity contribution in [3.63, 3.8) is 0 Å². The maximum Gasteiger partial charge on any atom is 0.0195 e. The molecule has 0 aromatic rings. The van der Waals surface area contributed by atoms with Gasteiger partial charge in [-0.3, -0.25) is 0 Å². The van der Waals surface area contributed by atoms with Crippen molar-refractivity contribution >= 4 is 0 Å². The number of rotatable bonds is 7. The van der Waals surface area contributed by atoms with Gasteiger partial charge in [0.15, 0.2) is 0 Å². The third-order valence-corrected chi connectivity index (χ3v) is 3.65. The summed E-state index contributed by atoms with van der Waals surface area (Å²) >= 11 is 0. The van der Waals surface area contributed by atoms with Crippen molar-refractivity contribution in [1.29, 1.82) is 0 Å². The normalized spacial score (nSPS) is 24.9. The van der Waals surface area contributed by atoms with Gasteiger partial charge in [-0.05, 0) is 51.1 Å². The Bertz CT molecular complexity index is 234. The van der Waals surface area contributed by atoms with Crippen LogP contribution in [-0.2, 0) is 0 Å². The molecular formula is C14H24N2. The minimum atomic E-state index is 0.740. The molecule has 2 heteroatoms. The van der Waals surface area contributed by atoms with Crippen LogP contribution in [0.1, 0.15) is 38.5 Å². The first-order chi connectivity index (χ1) is 7.88. The summed E-state index contributed by atoms with van der Waals surface area (Å²) in [7, 11) is 0. The summed E-state index contributed by atoms with van der Waals surface area (Å²) in [6, 6.07) is 0.740. The highest BCUT2D eigenvalue weighted by Crippen LogP contribution is 2.30. The topological polar surface area (TPSA) is 15.3 Å². The highest BCUT2D eigenvalue weighted by molar-refractivity contribution is 4.85. The quantitative estimate of drug-likeness (QED) is 0.520. The molecule has 2 aliphatic rings. The van der Waals surface area contributed by atoms with Crippen molar-refractivity contribution in [2.24, 2.45) is 5.92 Å². The Morgan fingerprint density at radius 1 is 1.25 bits per heavy atom. The summed E-state index contributed by atoms with van der Waals surface area (Å²) in [6.45, 7) is 4.95. The Kier molecular flexibility index (Phi) is 4.69. The lowest BCUT2D eigenvalue weighted by Gasteiger charge is -2.25. The van der Waals surface area contributed by atoms with E-state index in [1.165, 1.54) is 51.9 Å². The number of nitrogens with one attached hydrogen (secondary N) is 1. The van der Waals surface area contributed by atoms with Gasteiger partial charge in [-0.2, -0.15) is 0 Å². The average Bonchev–Trinajstić information content (AvgIpc) is 2.93. The number of hydrogen-bond acceptors (Lipinski definition) is 2. The van der Waals surface area contributed by atoms with Crippen molar-refractivity contribution in [3.05, 3.63) is 0 Å². The smallest absolute Gasteiger partial charge is 0.0195 e. The lowest BCUT2D eigenvalue weighted by Crippen LogP contribution is -2.39. The molecule has 1 heterocycles. The average molecular weight is 220 g/mol. The van der Waals surface area contributed by atoms with Gasteiger partial charge in [0.1, 0.15) is 0 Å². The summed E-state index contributed by atoms with van der Waals surface area (Å²) in [4.78, 5) is 2.64. The Morgan fingerprint density at radius 3 is 2.75 bits per heavy atom. The molecule has 2 fully saturated rings. The van der Waals surface area contributed by atoms with Crippen molar-refractivity contribution in [2.75, 3.05) is 26.2 Å². The van der Waals surface area contributed by atoms with E-state index in [4.69, 9.17) is 6.42 Å². The van der Waals surface area contributed by atoms with Crippen LogP contribution in [0, 0.1) is 18.3 Å². The summed E-state index contributed by atoms with van der Waals surface area (Å²) < 4.78 is 0. The van der Waals surface area contributed by atoms with E-state index in [9.17, 15) is 0 Å². The lowest BCUT2D eigenvalue weighted by atomic mass is 10.2. The number of terminal acetylenes is 1. The van der Waals surface area contributed by atoms with Gasteiger partial charge in [-0.1, -0.05) is 0 Å². The molecule has 0 aromatic carbocycles. The molecule has 1 saturated heterocycles. The minimum Gasteiger partial charge on any atom is -0.313 e. The molecule has 90 valence electrons. The van der Waals surface area contributed by atoms with Gasteiger partial charge in [0.25, 0.3) is 0 Å². The van der Waals surface area contributed by atoms with Crippen LogP contribution in [0.3, 0.4) is 0 Å². The molecule has 0 aromatic heterocycles. The van der Waals surface area contributed by atoms with E-state index >= 15 is 0 Å². The number of hydrogen-bond donors (Lipinski definition) is 1. The third-order valence-electron chi connectivity index (χ3n) is 3.65. The first kappa shape index (κ1) is 12.0. The van der Waals surface area contributed by atoms with Crippen molar-refractivity contribution < 1.29 is 0 Å². The van der Waals surface area contributed by atoms with Crippen LogP contribution >= 0.6 is 0 Å². The minimum absolute atomic E-state index is 0.740. The van der Waals surface area contributed by atoms with E-state index in [2.05, 4.69) is 16.1 Å². The van der Waals surface area contributed by atoms with Crippen LogP contribution < -0.4 is 5.32 Å². The Morgan fingerprint density at radius 2 is 2.12 bits per heavy atom. The SMILES string of the molecule is C#CCCCN(CC1CC1)CC1CCCN1. The Hall–Kier alpha value is -0.520. The molecule has 1 aliphatic heterocycles. The van der Waals surface area contributed by atoms with Crippen LogP contribution in [0.2, 0.25) is 0 Å². The molecule has 0 radical (unpaired) electrons. The summed E-state index contributed by atoms with van der Waals surface area (Å²) in [5, 5.41) is 3.59. The van der Waals surface area contributed by atoms with Gasteiger partial charge in [-0.25, -0.2) is 0 Å². The van der Waals surface area contributed by atoms with Gasteiger partial charge < -0.3 is 10.2 Å². The van der Waals surface area contributed by atoms with E-state index in [0.717, 1.165) is 24.8 Å². The number of unbranched alkanes of at least 4 members (excludes halogenated alkanes) is 1. The first-order valence-electron chi connectivity index (χ1n) is 6.77. The van der Waals surface area contributed by atoms with Crippen molar-refractivity contribution in [3.8, 4) is 12.3 Å². The maximum atomic E-state index is 5.31. The van der Waals surface area contributed by atoms with Gasteiger partial charge >= 0.3 is 0 Å². The summed E-state index contributed by atoms with van der Waals surface area (Å²) in [5.41, 5.74) is 0. The van der Waals surface area contributed by atoms with E-state index in [1.807, 2.05) is 0 Å². The Balaban J connectivity index is 1.69. The van der Waals surface area contributed by atoms with Gasteiger partial charge in [0, 0.05) is 25.6 Å². The highest BCUT2D eigenvalue weighted by atomic mass is 15.2. The zero-order chi connectivity index (χ0) is 11.2. The second kappa shape index (κ2) is 6.27. The summed E-state index contributed by atoms with van der Waals surface area (Å²) in [6.07, 6.45) is 13.0. The van der Waals surface area contributed by atoms with Gasteiger partial charge in [0.05, 0.1) is 0 Å². The highest BCUT2D eigenvalue weighted by Gasteiger charge is 2.26. The van der Waals surface area contributed by atoms with Gasteiger partial charge in [-0.15, -0.1) is 12.3 Å². The predicted octanol–water partition coefficient (Wildman–Crippen LogP) is 1.86. The molecule has 1 aliphatic carbocycles. The summed E-state index contributed by atoms with van der Waals surface area (Å²) in [5.74, 6) is 3.74. The monoisotopic (exact) mass is 220 g/mol. The fourth-order valence-electron chi connectivity index (χ4n) is 2.55. The molecule has 1 N–H and O–H groups in total. The zero-order valence-corrected chi connectivity index (χ0v) is 10.3. The van der Waals surface area contributed by atoms with Crippen LogP contribution in [0.4, 0.5) is 0 Å². The molecule has 2 rings (SSSR count). The standard InChI is InChI=1S/C14H24N2/c1-2-3-4-10-16(11-13-7-8-13)12-14-6-5-9-15-14/h1,13-15H,3-12H2. The molecule has 0 spiro atoms. The molecule has 2 nitrogen and oxygen atoms in total. The molecule has 16 heavy (non-hydrogen) atoms. The van der Waals surface area contributed by atoms with E-state index in [0.29, 0.717) is 0 Å². The second-order valence-corrected chi connectivity index (χ2v) is 5.30. The molecule has 1 saturated carbocycles. The largest absolute Gasteiger partial charge is 0.313 e. The van der Waals surface area contributed by atoms with Crippen molar-refractivity contribution in [2.45, 2.75) is 44.6 Å². The first-order valence-corrected chi connectivity index (χ1v) is 6.77. The molecule has 0 amide bonds. The number of nitrogens with zero attached hydrogens (tertiary/aromatic N) is 1. The van der Waals surface area contributed by atoms with E-state index < -0.39 is 0 Å². The van der Waals surface area contributed by atoms with Crippen LogP contribution in [0.5, 0.6) is 0 Å². The fourth-order valence-corrected chi connectivity index (χ4v) is 2.55. The second-order valence-electron chi connectivity index (χ2n) is 5.30. The fraction of sp³-hybridized carbons (Fsp3) is 0.857. The van der Waals surface area contributed by atoms with Crippen molar-refractivity contribution in [1.82, 2.24) is 10.2 Å². The van der Waals surface area contributed by atoms with Crippen LogP contribution in [-0.4, -0.2) is 37.1 Å². The van der Waals surface area contributed by atoms with Crippen LogP contribution in [0.25, 0.3) is 0 Å². The van der Waals surface area contributed by atoms with Gasteiger partial charge in [0.2, 0.25) is 0 Å². The third kappa shape index (κ3) is 4.15. The Labute approximate surface area is 99.8 Å². The maximum absolute atomic E-state index is 5.31. The van der Waals surface area contributed by atoms with Crippen LogP contribution in [0.15, 0.2) is 0 Å². The molecule has 1 atom stereocenters. The zero-order valence-electron chi connectivity index (χ0n) is 10.3. The predicted molar refractivity (Wildman–Crippen MR) is 68.3 cm³/mol. The lowest BCUT2D eigenvalue weighted by molar-refractivity contribution is 0.238. The molecule has 1 unspecified atom stereocenters. The molecule has 0 bridgehead atoms. The van der Waals surface area contributed by atoms with E-state index in [1.54, 1.807) is 0 Å². The molecular weight excluding hydrogens is 196 g/mol. The van der Waals surface area contributed by atoms with E-state index in [-0.39, 0.29) is 0 Å².